The number of para-hydroxylation sites is 1. The molecule has 134 valence electrons. The minimum Gasteiger partial charge on any atom is -0.453 e. The van der Waals surface area contributed by atoms with Crippen LogP contribution >= 0.6 is 0 Å². The van der Waals surface area contributed by atoms with Crippen LogP contribution in [-0.2, 0) is 6.54 Å². The van der Waals surface area contributed by atoms with Crippen molar-refractivity contribution in [2.24, 2.45) is 0 Å². The highest BCUT2D eigenvalue weighted by Crippen LogP contribution is 2.28. The highest BCUT2D eigenvalue weighted by molar-refractivity contribution is 5.94. The Labute approximate surface area is 152 Å². The Bertz CT molecular complexity index is 1110. The van der Waals surface area contributed by atoms with Crippen molar-refractivity contribution >= 4 is 22.6 Å². The molecule has 2 aromatic carbocycles. The Balaban J connectivity index is 1.46. The van der Waals surface area contributed by atoms with E-state index in [0.29, 0.717) is 17.2 Å². The van der Waals surface area contributed by atoms with Crippen LogP contribution in [0.4, 0.5) is 5.69 Å². The largest absolute Gasteiger partial charge is 0.453 e. The fourth-order valence-corrected chi connectivity index (χ4v) is 2.65. The number of nitrogens with zero attached hydrogens (tertiary/aromatic N) is 2. The first kappa shape index (κ1) is 16.5. The lowest BCUT2D eigenvalue weighted by molar-refractivity contribution is -0.384. The Morgan fingerprint density at radius 2 is 1.93 bits per heavy atom. The van der Waals surface area contributed by atoms with Crippen LogP contribution in [0.15, 0.2) is 69.6 Å². The highest BCUT2D eigenvalue weighted by Gasteiger charge is 2.14. The number of fused-ring (bicyclic) bond motifs is 1. The van der Waals surface area contributed by atoms with Crippen LogP contribution in [0.2, 0.25) is 0 Å². The summed E-state index contributed by atoms with van der Waals surface area (Å²) in [7, 11) is 0. The Morgan fingerprint density at radius 3 is 2.74 bits per heavy atom. The van der Waals surface area contributed by atoms with Crippen molar-refractivity contribution in [3.8, 4) is 11.5 Å². The molecule has 2 heterocycles. The first-order chi connectivity index (χ1) is 13.1. The normalized spacial score (nSPS) is 10.8. The molecule has 0 spiro atoms. The number of benzene rings is 2. The molecule has 4 aromatic rings. The molecule has 0 radical (unpaired) electrons. The molecular weight excluding hydrogens is 350 g/mol. The second-order valence-corrected chi connectivity index (χ2v) is 5.82. The average Bonchev–Trinajstić information content (AvgIpc) is 3.32. The third kappa shape index (κ3) is 3.40. The van der Waals surface area contributed by atoms with Gasteiger partial charge in [-0.15, -0.1) is 0 Å². The van der Waals surface area contributed by atoms with E-state index in [1.54, 1.807) is 6.07 Å². The second kappa shape index (κ2) is 6.75. The highest BCUT2D eigenvalue weighted by atomic mass is 16.6. The van der Waals surface area contributed by atoms with E-state index in [2.05, 4.69) is 10.5 Å². The molecule has 8 heteroatoms. The molecule has 0 unspecified atom stereocenters. The van der Waals surface area contributed by atoms with E-state index < -0.39 is 10.8 Å². The van der Waals surface area contributed by atoms with Crippen LogP contribution in [-0.4, -0.2) is 16.0 Å². The van der Waals surface area contributed by atoms with Crippen LogP contribution in [0.25, 0.3) is 22.5 Å². The molecule has 0 fully saturated rings. The standard InChI is InChI=1S/C19H13N3O5/c23-19(13-5-3-6-15(8-13)22(24)25)20-11-14-10-18(27-21-14)17-9-12-4-1-2-7-16(12)26-17/h1-10H,11H2,(H,20,23). The molecule has 1 amide bonds. The maximum atomic E-state index is 12.2. The van der Waals surface area contributed by atoms with Crippen LogP contribution in [0.3, 0.4) is 0 Å². The van der Waals surface area contributed by atoms with E-state index >= 15 is 0 Å². The van der Waals surface area contributed by atoms with Crippen LogP contribution in [0.1, 0.15) is 16.1 Å². The molecular formula is C19H13N3O5. The predicted molar refractivity (Wildman–Crippen MR) is 96.0 cm³/mol. The zero-order valence-electron chi connectivity index (χ0n) is 13.9. The van der Waals surface area contributed by atoms with Crippen LogP contribution < -0.4 is 5.32 Å². The number of nitro groups is 1. The topological polar surface area (TPSA) is 111 Å². The van der Waals surface area contributed by atoms with E-state index in [4.69, 9.17) is 8.94 Å². The number of hydrogen-bond acceptors (Lipinski definition) is 6. The number of nitro benzene ring substituents is 1. The van der Waals surface area contributed by atoms with Crippen molar-refractivity contribution in [3.63, 3.8) is 0 Å². The van der Waals surface area contributed by atoms with Gasteiger partial charge in [0, 0.05) is 29.1 Å². The van der Waals surface area contributed by atoms with Gasteiger partial charge in [0.05, 0.1) is 11.5 Å². The average molecular weight is 363 g/mol. The summed E-state index contributed by atoms with van der Waals surface area (Å²) in [6.07, 6.45) is 0. The second-order valence-electron chi connectivity index (χ2n) is 5.82. The number of carbonyl (C=O) groups excluding carboxylic acids is 1. The van der Waals surface area contributed by atoms with E-state index in [1.807, 2.05) is 30.3 Å². The van der Waals surface area contributed by atoms with Crippen molar-refractivity contribution in [1.29, 1.82) is 0 Å². The molecule has 2 aromatic heterocycles. The Morgan fingerprint density at radius 1 is 1.07 bits per heavy atom. The smallest absolute Gasteiger partial charge is 0.270 e. The number of amides is 1. The number of furan rings is 1. The number of hydrogen-bond donors (Lipinski definition) is 1. The lowest BCUT2D eigenvalue weighted by Crippen LogP contribution is -2.22. The first-order valence-electron chi connectivity index (χ1n) is 8.07. The minimum absolute atomic E-state index is 0.116. The minimum atomic E-state index is -0.548. The molecule has 0 aliphatic rings. The van der Waals surface area contributed by atoms with Gasteiger partial charge < -0.3 is 14.3 Å². The van der Waals surface area contributed by atoms with Gasteiger partial charge in [-0.1, -0.05) is 29.4 Å². The molecule has 0 aliphatic heterocycles. The van der Waals surface area contributed by atoms with E-state index in [0.717, 1.165) is 11.0 Å². The third-order valence-electron chi connectivity index (χ3n) is 3.98. The maximum Gasteiger partial charge on any atom is 0.270 e. The molecule has 0 bridgehead atoms. The summed E-state index contributed by atoms with van der Waals surface area (Å²) in [5.41, 5.74) is 1.30. The number of carbonyl (C=O) groups is 1. The molecule has 0 saturated carbocycles. The Kier molecular flexibility index (Phi) is 4.13. The number of rotatable bonds is 5. The lowest BCUT2D eigenvalue weighted by Gasteiger charge is -2.02. The molecule has 0 saturated heterocycles. The summed E-state index contributed by atoms with van der Waals surface area (Å²) >= 11 is 0. The van der Waals surface area contributed by atoms with Crippen LogP contribution in [0.5, 0.6) is 0 Å². The van der Waals surface area contributed by atoms with Crippen molar-refractivity contribution in [1.82, 2.24) is 10.5 Å². The van der Waals surface area contributed by atoms with Gasteiger partial charge in [0.1, 0.15) is 11.3 Å². The van der Waals surface area contributed by atoms with Gasteiger partial charge in [-0.3, -0.25) is 14.9 Å². The lowest BCUT2D eigenvalue weighted by atomic mass is 10.2. The zero-order valence-corrected chi connectivity index (χ0v) is 13.9. The molecule has 8 nitrogen and oxygen atoms in total. The summed E-state index contributed by atoms with van der Waals surface area (Å²) in [5, 5.41) is 18.3. The van der Waals surface area contributed by atoms with Gasteiger partial charge in [0.25, 0.3) is 11.6 Å². The number of non-ortho nitro benzene ring substituents is 1. The van der Waals surface area contributed by atoms with Gasteiger partial charge >= 0.3 is 0 Å². The van der Waals surface area contributed by atoms with Gasteiger partial charge in [0.15, 0.2) is 5.76 Å². The summed E-state index contributed by atoms with van der Waals surface area (Å²) < 4.78 is 11.0. The summed E-state index contributed by atoms with van der Waals surface area (Å²) in [6.45, 7) is 0.116. The SMILES string of the molecule is O=C(NCc1cc(-c2cc3ccccc3o2)on1)c1cccc([N+](=O)[O-])c1. The predicted octanol–water partition coefficient (Wildman–Crippen LogP) is 3.93. The van der Waals surface area contributed by atoms with Crippen molar-refractivity contribution < 1.29 is 18.7 Å². The quantitative estimate of drug-likeness (QED) is 0.425. The number of aromatic nitrogens is 1. The van der Waals surface area contributed by atoms with E-state index in [-0.39, 0.29) is 17.8 Å². The van der Waals surface area contributed by atoms with Gasteiger partial charge in [-0.25, -0.2) is 0 Å². The van der Waals surface area contributed by atoms with Gasteiger partial charge in [-0.2, -0.15) is 0 Å². The maximum absolute atomic E-state index is 12.2. The molecule has 0 atom stereocenters. The molecule has 1 N–H and O–H groups in total. The summed E-state index contributed by atoms with van der Waals surface area (Å²) in [6, 6.07) is 16.6. The number of nitrogens with one attached hydrogen (secondary N) is 1. The van der Waals surface area contributed by atoms with Crippen molar-refractivity contribution in [2.75, 3.05) is 0 Å². The fourth-order valence-electron chi connectivity index (χ4n) is 2.65. The molecule has 4 rings (SSSR count). The zero-order chi connectivity index (χ0) is 18.8. The van der Waals surface area contributed by atoms with Crippen molar-refractivity contribution in [3.05, 3.63) is 82.0 Å². The summed E-state index contributed by atoms with van der Waals surface area (Å²) in [4.78, 5) is 22.4. The summed E-state index contributed by atoms with van der Waals surface area (Å²) in [5.74, 6) is 0.553. The molecule has 27 heavy (non-hydrogen) atoms. The molecule has 0 aliphatic carbocycles. The third-order valence-corrected chi connectivity index (χ3v) is 3.98. The fraction of sp³-hybridized carbons (Fsp3) is 0.0526. The van der Waals surface area contributed by atoms with Gasteiger partial charge in [-0.05, 0) is 18.2 Å². The van der Waals surface area contributed by atoms with E-state index in [1.165, 1.54) is 24.3 Å². The Hall–Kier alpha value is -3.94. The van der Waals surface area contributed by atoms with Gasteiger partial charge in [0.2, 0.25) is 5.76 Å². The van der Waals surface area contributed by atoms with Crippen LogP contribution in [0, 0.1) is 10.1 Å². The van der Waals surface area contributed by atoms with Crippen molar-refractivity contribution in [2.45, 2.75) is 6.54 Å². The van der Waals surface area contributed by atoms with E-state index in [9.17, 15) is 14.9 Å². The first-order valence-corrected chi connectivity index (χ1v) is 8.07. The monoisotopic (exact) mass is 363 g/mol.